The Kier molecular flexibility index (Phi) is 6.55. The second-order valence-corrected chi connectivity index (χ2v) is 5.67. The molecule has 24 heavy (non-hydrogen) atoms. The molecule has 0 aliphatic heterocycles. The summed E-state index contributed by atoms with van der Waals surface area (Å²) in [6, 6.07) is 15.6. The molecule has 2 aromatic rings. The van der Waals surface area contributed by atoms with Gasteiger partial charge in [0.25, 0.3) is 0 Å². The van der Waals surface area contributed by atoms with Crippen LogP contribution in [0.15, 0.2) is 53.5 Å². The van der Waals surface area contributed by atoms with E-state index in [1.165, 1.54) is 5.56 Å². The molecular formula is C20H23NO3. The summed E-state index contributed by atoms with van der Waals surface area (Å²) in [7, 11) is 0. The molecule has 2 aromatic carbocycles. The maximum absolute atomic E-state index is 11.4. The molecule has 0 unspecified atom stereocenters. The van der Waals surface area contributed by atoms with Gasteiger partial charge in [-0.15, -0.1) is 0 Å². The quantitative estimate of drug-likeness (QED) is 0.562. The minimum Gasteiger partial charge on any atom is -0.482 e. The van der Waals surface area contributed by atoms with Crippen molar-refractivity contribution < 1.29 is 14.3 Å². The van der Waals surface area contributed by atoms with Crippen molar-refractivity contribution in [3.63, 3.8) is 0 Å². The summed E-state index contributed by atoms with van der Waals surface area (Å²) in [5.41, 5.74) is 3.18. The normalized spacial score (nSPS) is 11.0. The first-order valence-electron chi connectivity index (χ1n) is 8.12. The fourth-order valence-corrected chi connectivity index (χ4v) is 2.06. The zero-order valence-electron chi connectivity index (χ0n) is 14.4. The van der Waals surface area contributed by atoms with Gasteiger partial charge in [0.05, 0.1) is 11.8 Å². The van der Waals surface area contributed by atoms with Crippen molar-refractivity contribution in [2.75, 3.05) is 6.61 Å². The van der Waals surface area contributed by atoms with E-state index >= 15 is 0 Å². The van der Waals surface area contributed by atoms with Gasteiger partial charge in [-0.3, -0.25) is 4.99 Å². The van der Waals surface area contributed by atoms with Gasteiger partial charge in [-0.1, -0.05) is 19.1 Å². The van der Waals surface area contributed by atoms with Crippen molar-refractivity contribution in [1.82, 2.24) is 0 Å². The number of carbonyl (C=O) groups is 1. The van der Waals surface area contributed by atoms with E-state index in [0.29, 0.717) is 5.75 Å². The molecule has 0 aliphatic carbocycles. The van der Waals surface area contributed by atoms with Crippen LogP contribution in [0.2, 0.25) is 0 Å². The number of aliphatic imine (C=N–C) groups is 1. The van der Waals surface area contributed by atoms with Crippen LogP contribution in [0.3, 0.4) is 0 Å². The molecule has 0 saturated carbocycles. The topological polar surface area (TPSA) is 47.9 Å². The van der Waals surface area contributed by atoms with E-state index < -0.39 is 0 Å². The van der Waals surface area contributed by atoms with Crippen molar-refractivity contribution in [1.29, 1.82) is 0 Å². The van der Waals surface area contributed by atoms with Gasteiger partial charge in [0.2, 0.25) is 0 Å². The van der Waals surface area contributed by atoms with E-state index in [1.807, 2.05) is 50.2 Å². The predicted octanol–water partition coefficient (Wildman–Crippen LogP) is 4.33. The molecule has 0 atom stereocenters. The summed E-state index contributed by atoms with van der Waals surface area (Å²) in [4.78, 5) is 15.9. The van der Waals surface area contributed by atoms with Crippen LogP contribution in [0.4, 0.5) is 5.69 Å². The zero-order valence-corrected chi connectivity index (χ0v) is 14.4. The monoisotopic (exact) mass is 325 g/mol. The third kappa shape index (κ3) is 5.88. The Morgan fingerprint density at radius 1 is 1.08 bits per heavy atom. The number of hydrogen-bond acceptors (Lipinski definition) is 4. The smallest absolute Gasteiger partial charge is 0.344 e. The molecule has 4 heteroatoms. The van der Waals surface area contributed by atoms with Gasteiger partial charge >= 0.3 is 5.97 Å². The van der Waals surface area contributed by atoms with E-state index in [1.54, 1.807) is 6.21 Å². The summed E-state index contributed by atoms with van der Waals surface area (Å²) in [5.74, 6) is 0.256. The number of carbonyl (C=O) groups excluding carboxylic acids is 1. The third-order valence-corrected chi connectivity index (χ3v) is 3.31. The molecule has 0 heterocycles. The van der Waals surface area contributed by atoms with Crippen LogP contribution in [0.5, 0.6) is 5.75 Å². The summed E-state index contributed by atoms with van der Waals surface area (Å²) >= 11 is 0. The summed E-state index contributed by atoms with van der Waals surface area (Å²) < 4.78 is 10.4. The Balaban J connectivity index is 1.89. The second-order valence-electron chi connectivity index (χ2n) is 5.67. The minimum atomic E-state index is -0.369. The van der Waals surface area contributed by atoms with Crippen LogP contribution in [0.1, 0.15) is 31.9 Å². The van der Waals surface area contributed by atoms with Crippen LogP contribution < -0.4 is 4.74 Å². The van der Waals surface area contributed by atoms with Gasteiger partial charge in [-0.2, -0.15) is 0 Å². The molecule has 0 aromatic heterocycles. The van der Waals surface area contributed by atoms with E-state index in [2.05, 4.69) is 24.0 Å². The number of hydrogen-bond donors (Lipinski definition) is 0. The third-order valence-electron chi connectivity index (χ3n) is 3.31. The molecular weight excluding hydrogens is 302 g/mol. The zero-order chi connectivity index (χ0) is 17.4. The van der Waals surface area contributed by atoms with Crippen LogP contribution in [-0.4, -0.2) is 24.9 Å². The lowest BCUT2D eigenvalue weighted by Crippen LogP contribution is -2.18. The first-order chi connectivity index (χ1) is 11.6. The van der Waals surface area contributed by atoms with E-state index in [0.717, 1.165) is 17.7 Å². The molecule has 126 valence electrons. The number of aryl methyl sites for hydroxylation is 1. The van der Waals surface area contributed by atoms with Crippen LogP contribution in [0.25, 0.3) is 0 Å². The fraction of sp³-hybridized carbons (Fsp3) is 0.300. The standard InChI is InChI=1S/C20H23NO3/c1-4-16-5-9-18(10-6-16)21-13-17-7-11-19(12-8-17)23-14-20(22)24-15(2)3/h5-13,15H,4,14H2,1-3H3. The highest BCUT2D eigenvalue weighted by atomic mass is 16.6. The van der Waals surface area contributed by atoms with Gasteiger partial charge in [0.1, 0.15) is 5.75 Å². The van der Waals surface area contributed by atoms with Crippen molar-refractivity contribution in [3.05, 3.63) is 59.7 Å². The molecule has 0 saturated heterocycles. The fourth-order valence-electron chi connectivity index (χ4n) is 2.06. The lowest BCUT2D eigenvalue weighted by atomic mass is 10.1. The Labute approximate surface area is 143 Å². The summed E-state index contributed by atoms with van der Waals surface area (Å²) in [5, 5.41) is 0. The summed E-state index contributed by atoms with van der Waals surface area (Å²) in [6.45, 7) is 5.66. The second kappa shape index (κ2) is 8.87. The molecule has 0 radical (unpaired) electrons. The van der Waals surface area contributed by atoms with Crippen LogP contribution >= 0.6 is 0 Å². The van der Waals surface area contributed by atoms with Gasteiger partial charge < -0.3 is 9.47 Å². The summed E-state index contributed by atoms with van der Waals surface area (Å²) in [6.07, 6.45) is 2.69. The molecule has 2 rings (SSSR count). The number of esters is 1. The molecule has 0 aliphatic rings. The predicted molar refractivity (Wildman–Crippen MR) is 96.2 cm³/mol. The molecule has 4 nitrogen and oxygen atoms in total. The Morgan fingerprint density at radius 3 is 2.33 bits per heavy atom. The van der Waals surface area contributed by atoms with E-state index in [9.17, 15) is 4.79 Å². The molecule has 0 bridgehead atoms. The first kappa shape index (κ1) is 17.7. The van der Waals surface area contributed by atoms with E-state index in [-0.39, 0.29) is 18.7 Å². The van der Waals surface area contributed by atoms with Crippen molar-refractivity contribution in [2.45, 2.75) is 33.3 Å². The van der Waals surface area contributed by atoms with Crippen molar-refractivity contribution >= 4 is 17.9 Å². The Bertz CT molecular complexity index is 673. The Hall–Kier alpha value is -2.62. The first-order valence-corrected chi connectivity index (χ1v) is 8.12. The highest BCUT2D eigenvalue weighted by Gasteiger charge is 2.06. The lowest BCUT2D eigenvalue weighted by molar-refractivity contribution is -0.149. The van der Waals surface area contributed by atoms with E-state index in [4.69, 9.17) is 9.47 Å². The highest BCUT2D eigenvalue weighted by Crippen LogP contribution is 2.15. The van der Waals surface area contributed by atoms with Crippen molar-refractivity contribution in [2.24, 2.45) is 4.99 Å². The largest absolute Gasteiger partial charge is 0.482 e. The number of ether oxygens (including phenoxy) is 2. The molecule has 0 spiro atoms. The maximum Gasteiger partial charge on any atom is 0.344 e. The van der Waals surface area contributed by atoms with Gasteiger partial charge in [0.15, 0.2) is 6.61 Å². The van der Waals surface area contributed by atoms with Gasteiger partial charge in [0, 0.05) is 6.21 Å². The molecule has 0 N–H and O–H groups in total. The highest BCUT2D eigenvalue weighted by molar-refractivity contribution is 5.82. The average molecular weight is 325 g/mol. The molecule has 0 fully saturated rings. The average Bonchev–Trinajstić information content (AvgIpc) is 2.59. The SMILES string of the molecule is CCc1ccc(N=Cc2ccc(OCC(=O)OC(C)C)cc2)cc1. The minimum absolute atomic E-state index is 0.0879. The van der Waals surface area contributed by atoms with Gasteiger partial charge in [-0.25, -0.2) is 4.79 Å². The van der Waals surface area contributed by atoms with Crippen LogP contribution in [-0.2, 0) is 16.0 Å². The number of nitrogens with zero attached hydrogens (tertiary/aromatic N) is 1. The molecule has 0 amide bonds. The van der Waals surface area contributed by atoms with Crippen LogP contribution in [0, 0.1) is 0 Å². The number of benzene rings is 2. The van der Waals surface area contributed by atoms with Gasteiger partial charge in [-0.05, 0) is 67.8 Å². The lowest BCUT2D eigenvalue weighted by Gasteiger charge is -2.09. The number of rotatable bonds is 7. The Morgan fingerprint density at radius 2 is 1.75 bits per heavy atom. The van der Waals surface area contributed by atoms with Crippen molar-refractivity contribution in [3.8, 4) is 5.75 Å². The maximum atomic E-state index is 11.4.